The van der Waals surface area contributed by atoms with Crippen LogP contribution >= 0.6 is 0 Å². The molecule has 4 heteroatoms. The highest BCUT2D eigenvalue weighted by molar-refractivity contribution is 5.66. The molecule has 0 saturated heterocycles. The molecule has 4 nitrogen and oxygen atoms in total. The van der Waals surface area contributed by atoms with Crippen molar-refractivity contribution in [2.45, 2.75) is 26.4 Å². The minimum Gasteiger partial charge on any atom is -0.454 e. The van der Waals surface area contributed by atoms with E-state index < -0.39 is 0 Å². The first-order chi connectivity index (χ1) is 5.74. The quantitative estimate of drug-likeness (QED) is 0.694. The summed E-state index contributed by atoms with van der Waals surface area (Å²) in [6.07, 6.45) is 3.84. The lowest BCUT2D eigenvalue weighted by atomic mass is 10.2. The van der Waals surface area contributed by atoms with E-state index in [9.17, 15) is 4.79 Å². The summed E-state index contributed by atoms with van der Waals surface area (Å²) in [4.78, 5) is 17.6. The minimum atomic E-state index is -0.279. The summed E-state index contributed by atoms with van der Waals surface area (Å²) < 4.78 is 5.01. The predicted molar refractivity (Wildman–Crippen MR) is 43.4 cm³/mol. The van der Waals surface area contributed by atoms with E-state index in [1.165, 1.54) is 6.92 Å². The third kappa shape index (κ3) is 2.08. The molecule has 66 valence electrons. The Morgan fingerprint density at radius 3 is 3.00 bits per heavy atom. The van der Waals surface area contributed by atoms with Crippen LogP contribution < -0.4 is 0 Å². The minimum absolute atomic E-state index is 0.238. The van der Waals surface area contributed by atoms with Gasteiger partial charge in [-0.3, -0.25) is 4.79 Å². The first-order valence-corrected chi connectivity index (χ1v) is 3.90. The standard InChI is InChI=1S/C8H12N2O2/c1-3-7(12-6(2)11)8-9-4-5-10-8/h4-5,7H,3H2,1-2H3,(H,9,10). The average molecular weight is 168 g/mol. The molecule has 1 N–H and O–H groups in total. The fourth-order valence-electron chi connectivity index (χ4n) is 0.986. The molecule has 1 aromatic heterocycles. The molecule has 0 bridgehead atoms. The highest BCUT2D eigenvalue weighted by Crippen LogP contribution is 2.16. The van der Waals surface area contributed by atoms with Gasteiger partial charge in [0.25, 0.3) is 0 Å². The van der Waals surface area contributed by atoms with Crippen molar-refractivity contribution in [3.05, 3.63) is 18.2 Å². The van der Waals surface area contributed by atoms with Gasteiger partial charge in [-0.2, -0.15) is 0 Å². The molecular weight excluding hydrogens is 156 g/mol. The molecule has 1 heterocycles. The molecule has 12 heavy (non-hydrogen) atoms. The summed E-state index contributed by atoms with van der Waals surface area (Å²) >= 11 is 0. The van der Waals surface area contributed by atoms with Crippen molar-refractivity contribution >= 4 is 5.97 Å². The van der Waals surface area contributed by atoms with Crippen LogP contribution in [0, 0.1) is 0 Å². The zero-order chi connectivity index (χ0) is 8.97. The highest BCUT2D eigenvalue weighted by Gasteiger charge is 2.13. The average Bonchev–Trinajstić information content (AvgIpc) is 2.51. The van der Waals surface area contributed by atoms with Crippen LogP contribution in [0.25, 0.3) is 0 Å². The number of carbonyl (C=O) groups is 1. The second-order valence-electron chi connectivity index (χ2n) is 2.48. The van der Waals surface area contributed by atoms with Crippen molar-refractivity contribution in [3.63, 3.8) is 0 Å². The number of aromatic amines is 1. The van der Waals surface area contributed by atoms with Gasteiger partial charge in [0.1, 0.15) is 5.82 Å². The molecule has 0 saturated carbocycles. The molecule has 0 spiro atoms. The van der Waals surface area contributed by atoms with Crippen LogP contribution in [-0.4, -0.2) is 15.9 Å². The van der Waals surface area contributed by atoms with Crippen molar-refractivity contribution in [2.24, 2.45) is 0 Å². The summed E-state index contributed by atoms with van der Waals surface area (Å²) in [6, 6.07) is 0. The summed E-state index contributed by atoms with van der Waals surface area (Å²) in [5.41, 5.74) is 0. The van der Waals surface area contributed by atoms with Crippen LogP contribution in [0.1, 0.15) is 32.2 Å². The lowest BCUT2D eigenvalue weighted by molar-refractivity contribution is -0.147. The maximum atomic E-state index is 10.6. The zero-order valence-corrected chi connectivity index (χ0v) is 7.20. The fourth-order valence-corrected chi connectivity index (χ4v) is 0.986. The van der Waals surface area contributed by atoms with Gasteiger partial charge < -0.3 is 9.72 Å². The Hall–Kier alpha value is -1.32. The van der Waals surface area contributed by atoms with Crippen molar-refractivity contribution in [1.29, 1.82) is 0 Å². The Bertz CT molecular complexity index is 244. The van der Waals surface area contributed by atoms with E-state index in [2.05, 4.69) is 9.97 Å². The Labute approximate surface area is 71.0 Å². The van der Waals surface area contributed by atoms with Gasteiger partial charge in [0.15, 0.2) is 6.10 Å². The molecule has 0 fully saturated rings. The molecule has 0 aromatic carbocycles. The maximum Gasteiger partial charge on any atom is 0.303 e. The SMILES string of the molecule is CCC(OC(C)=O)c1ncc[nH]1. The molecule has 1 atom stereocenters. The molecule has 0 aliphatic heterocycles. The molecule has 1 aromatic rings. The van der Waals surface area contributed by atoms with Crippen LogP contribution in [-0.2, 0) is 9.53 Å². The van der Waals surface area contributed by atoms with Crippen molar-refractivity contribution in [3.8, 4) is 0 Å². The second-order valence-corrected chi connectivity index (χ2v) is 2.48. The molecule has 1 rings (SSSR count). The van der Waals surface area contributed by atoms with E-state index in [-0.39, 0.29) is 12.1 Å². The first kappa shape index (κ1) is 8.77. The van der Waals surface area contributed by atoms with Crippen LogP contribution in [0.2, 0.25) is 0 Å². The van der Waals surface area contributed by atoms with E-state index in [1.54, 1.807) is 12.4 Å². The second kappa shape index (κ2) is 3.90. The maximum absolute atomic E-state index is 10.6. The Balaban J connectivity index is 2.63. The zero-order valence-electron chi connectivity index (χ0n) is 7.20. The first-order valence-electron chi connectivity index (χ1n) is 3.90. The van der Waals surface area contributed by atoms with Gasteiger partial charge in [-0.25, -0.2) is 4.98 Å². The number of esters is 1. The van der Waals surface area contributed by atoms with E-state index >= 15 is 0 Å². The summed E-state index contributed by atoms with van der Waals surface area (Å²) in [5.74, 6) is 0.422. The van der Waals surface area contributed by atoms with Gasteiger partial charge in [-0.15, -0.1) is 0 Å². The van der Waals surface area contributed by atoms with Gasteiger partial charge in [0.05, 0.1) is 0 Å². The number of nitrogens with one attached hydrogen (secondary N) is 1. The van der Waals surface area contributed by atoms with E-state index in [0.717, 1.165) is 6.42 Å². The molecule has 0 radical (unpaired) electrons. The number of rotatable bonds is 3. The topological polar surface area (TPSA) is 55.0 Å². The highest BCUT2D eigenvalue weighted by atomic mass is 16.5. The summed E-state index contributed by atoms with van der Waals surface area (Å²) in [5, 5.41) is 0. The van der Waals surface area contributed by atoms with Crippen LogP contribution in [0.3, 0.4) is 0 Å². The Morgan fingerprint density at radius 2 is 2.58 bits per heavy atom. The molecular formula is C8H12N2O2. The number of hydrogen-bond donors (Lipinski definition) is 1. The number of hydrogen-bond acceptors (Lipinski definition) is 3. The number of carbonyl (C=O) groups excluding carboxylic acids is 1. The normalized spacial score (nSPS) is 12.5. The molecule has 0 amide bonds. The van der Waals surface area contributed by atoms with Crippen LogP contribution in [0.4, 0.5) is 0 Å². The number of aromatic nitrogens is 2. The monoisotopic (exact) mass is 168 g/mol. The van der Waals surface area contributed by atoms with E-state index in [4.69, 9.17) is 4.74 Å². The van der Waals surface area contributed by atoms with Crippen molar-refractivity contribution in [2.75, 3.05) is 0 Å². The van der Waals surface area contributed by atoms with Gasteiger partial charge in [0.2, 0.25) is 0 Å². The summed E-state index contributed by atoms with van der Waals surface area (Å²) in [6.45, 7) is 3.34. The lowest BCUT2D eigenvalue weighted by Gasteiger charge is -2.11. The van der Waals surface area contributed by atoms with Crippen LogP contribution in [0.15, 0.2) is 12.4 Å². The third-order valence-electron chi connectivity index (χ3n) is 1.50. The molecule has 0 aliphatic carbocycles. The molecule has 0 aliphatic rings. The Kier molecular flexibility index (Phi) is 2.85. The largest absolute Gasteiger partial charge is 0.454 e. The number of imidazole rings is 1. The van der Waals surface area contributed by atoms with Crippen molar-refractivity contribution < 1.29 is 9.53 Å². The van der Waals surface area contributed by atoms with Gasteiger partial charge in [-0.1, -0.05) is 6.92 Å². The van der Waals surface area contributed by atoms with E-state index in [0.29, 0.717) is 5.82 Å². The number of H-pyrrole nitrogens is 1. The lowest BCUT2D eigenvalue weighted by Crippen LogP contribution is -2.08. The smallest absolute Gasteiger partial charge is 0.303 e. The predicted octanol–water partition coefficient (Wildman–Crippen LogP) is 1.42. The third-order valence-corrected chi connectivity index (χ3v) is 1.50. The van der Waals surface area contributed by atoms with Crippen molar-refractivity contribution in [1.82, 2.24) is 9.97 Å². The van der Waals surface area contributed by atoms with Gasteiger partial charge in [-0.05, 0) is 6.42 Å². The number of nitrogens with zero attached hydrogens (tertiary/aromatic N) is 1. The molecule has 1 unspecified atom stereocenters. The van der Waals surface area contributed by atoms with Gasteiger partial charge in [0, 0.05) is 19.3 Å². The van der Waals surface area contributed by atoms with E-state index in [1.807, 2.05) is 6.92 Å². The Morgan fingerprint density at radius 1 is 1.83 bits per heavy atom. The van der Waals surface area contributed by atoms with Gasteiger partial charge >= 0.3 is 5.97 Å². The number of ether oxygens (including phenoxy) is 1. The summed E-state index contributed by atoms with van der Waals surface area (Å²) in [7, 11) is 0. The van der Waals surface area contributed by atoms with Crippen LogP contribution in [0.5, 0.6) is 0 Å². The fraction of sp³-hybridized carbons (Fsp3) is 0.500.